The van der Waals surface area contributed by atoms with Gasteiger partial charge in [0.25, 0.3) is 0 Å². The summed E-state index contributed by atoms with van der Waals surface area (Å²) in [5, 5.41) is 0. The number of amidine groups is 1. The van der Waals surface area contributed by atoms with Crippen molar-refractivity contribution in [3.8, 4) is 5.75 Å². The topological polar surface area (TPSA) is 70.4 Å². The molecule has 0 bridgehead atoms. The van der Waals surface area contributed by atoms with Crippen molar-refractivity contribution in [3.63, 3.8) is 0 Å². The lowest BCUT2D eigenvalue weighted by Gasteiger charge is -2.09. The quantitative estimate of drug-likeness (QED) is 0.466. The van der Waals surface area contributed by atoms with Crippen LogP contribution >= 0.6 is 0 Å². The molecule has 96 valence electrons. The average molecular weight is 247 g/mol. The maximum atomic E-state index is 5.23. The molecule has 0 aromatic heterocycles. The highest BCUT2D eigenvalue weighted by atomic mass is 16.5. The smallest absolute Gasteiger partial charge is 0.158 e. The zero-order chi connectivity index (χ0) is 13.4. The fourth-order valence-corrected chi connectivity index (χ4v) is 1.44. The van der Waals surface area contributed by atoms with Gasteiger partial charge in [0.1, 0.15) is 17.8 Å². The lowest BCUT2D eigenvalue weighted by atomic mass is 10.1. The fraction of sp³-hybridized carbons (Fsp3) is 0.250. The largest absolute Gasteiger partial charge is 0.494 e. The van der Waals surface area contributed by atoms with Crippen LogP contribution in [0.25, 0.3) is 0 Å². The van der Waals surface area contributed by atoms with Crippen molar-refractivity contribution in [1.29, 1.82) is 0 Å². The summed E-state index contributed by atoms with van der Waals surface area (Å²) in [6.07, 6.45) is 1.51. The van der Waals surface area contributed by atoms with Crippen molar-refractivity contribution in [2.24, 2.45) is 15.0 Å². The third-order valence-corrected chi connectivity index (χ3v) is 2.23. The molecule has 0 saturated carbocycles. The standard InChI is InChI=1S/C12H17N5O/c1-13-11-9(6-5-7-10(11)18-4)12(14-2)16-8-17-15-3/h5-8,15H,1H2,2-4H3,(H,14,16,17). The number of hydrogen-bond donors (Lipinski definition) is 2. The zero-order valence-electron chi connectivity index (χ0n) is 10.8. The van der Waals surface area contributed by atoms with Crippen molar-refractivity contribution >= 4 is 24.6 Å². The second-order valence-electron chi connectivity index (χ2n) is 3.21. The molecule has 0 radical (unpaired) electrons. The van der Waals surface area contributed by atoms with Crippen molar-refractivity contribution in [3.05, 3.63) is 23.8 Å². The van der Waals surface area contributed by atoms with Crippen LogP contribution in [0.4, 0.5) is 5.69 Å². The summed E-state index contributed by atoms with van der Waals surface area (Å²) in [6.45, 7) is 3.55. The first-order chi connectivity index (χ1) is 8.78. The van der Waals surface area contributed by atoms with Gasteiger partial charge in [-0.2, -0.15) is 0 Å². The maximum absolute atomic E-state index is 5.23. The number of rotatable bonds is 5. The molecule has 0 aliphatic rings. The van der Waals surface area contributed by atoms with Gasteiger partial charge in [-0.25, -0.2) is 10.4 Å². The van der Waals surface area contributed by atoms with Gasteiger partial charge in [0.15, 0.2) is 5.84 Å². The molecule has 6 nitrogen and oxygen atoms in total. The van der Waals surface area contributed by atoms with Gasteiger partial charge >= 0.3 is 0 Å². The fourth-order valence-electron chi connectivity index (χ4n) is 1.44. The molecule has 6 heteroatoms. The van der Waals surface area contributed by atoms with Crippen LogP contribution < -0.4 is 15.6 Å². The Morgan fingerprint density at radius 1 is 1.44 bits per heavy atom. The molecule has 0 spiro atoms. The predicted octanol–water partition coefficient (Wildman–Crippen LogP) is 1.16. The van der Waals surface area contributed by atoms with E-state index in [9.17, 15) is 0 Å². The Hall–Kier alpha value is -2.21. The van der Waals surface area contributed by atoms with Crippen LogP contribution in [0, 0.1) is 0 Å². The van der Waals surface area contributed by atoms with Gasteiger partial charge in [-0.3, -0.25) is 9.98 Å². The first kappa shape index (κ1) is 13.9. The van der Waals surface area contributed by atoms with Gasteiger partial charge < -0.3 is 10.2 Å². The summed E-state index contributed by atoms with van der Waals surface area (Å²) in [6, 6.07) is 5.54. The summed E-state index contributed by atoms with van der Waals surface area (Å²) in [5.41, 5.74) is 6.88. The highest BCUT2D eigenvalue weighted by molar-refractivity contribution is 6.07. The normalized spacial score (nSPS) is 11.6. The molecule has 0 unspecified atom stereocenters. The number of aliphatic imine (C=N–C) groups is 3. The highest BCUT2D eigenvalue weighted by Gasteiger charge is 2.11. The van der Waals surface area contributed by atoms with E-state index in [0.717, 1.165) is 5.56 Å². The number of nitrogens with one attached hydrogen (secondary N) is 2. The Labute approximate surface area is 106 Å². The Morgan fingerprint density at radius 3 is 2.78 bits per heavy atom. The van der Waals surface area contributed by atoms with E-state index in [0.29, 0.717) is 17.3 Å². The molecule has 2 N–H and O–H groups in total. The molecule has 1 rings (SSSR count). The minimum atomic E-state index is 0.541. The van der Waals surface area contributed by atoms with Crippen LogP contribution in [0.5, 0.6) is 5.75 Å². The number of hydrazine groups is 1. The Bertz CT molecular complexity index is 468. The second-order valence-corrected chi connectivity index (χ2v) is 3.21. The maximum Gasteiger partial charge on any atom is 0.158 e. The van der Waals surface area contributed by atoms with E-state index in [-0.39, 0.29) is 0 Å². The van der Waals surface area contributed by atoms with Crippen molar-refractivity contribution in [1.82, 2.24) is 10.9 Å². The SMILES string of the molecule is C=Nc1c(OC)cccc1C(N=CNNC)=NC. The third-order valence-electron chi connectivity index (χ3n) is 2.23. The third kappa shape index (κ3) is 3.14. The number of benzene rings is 1. The lowest BCUT2D eigenvalue weighted by Crippen LogP contribution is -2.26. The Morgan fingerprint density at radius 2 is 2.22 bits per heavy atom. The van der Waals surface area contributed by atoms with Crippen LogP contribution in [-0.4, -0.2) is 40.1 Å². The number of hydrogen-bond acceptors (Lipinski definition) is 4. The summed E-state index contributed by atoms with van der Waals surface area (Å²) in [4.78, 5) is 12.3. The molecule has 0 atom stereocenters. The van der Waals surface area contributed by atoms with Crippen molar-refractivity contribution in [2.45, 2.75) is 0 Å². The molecule has 1 aromatic rings. The van der Waals surface area contributed by atoms with Gasteiger partial charge in [-0.1, -0.05) is 6.07 Å². The minimum Gasteiger partial charge on any atom is -0.494 e. The van der Waals surface area contributed by atoms with E-state index in [1.807, 2.05) is 18.2 Å². The van der Waals surface area contributed by atoms with Crippen LogP contribution in [0.1, 0.15) is 5.56 Å². The van der Waals surface area contributed by atoms with Gasteiger partial charge in [0.2, 0.25) is 0 Å². The number of methoxy groups -OCH3 is 1. The minimum absolute atomic E-state index is 0.541. The van der Waals surface area contributed by atoms with E-state index < -0.39 is 0 Å². The monoisotopic (exact) mass is 247 g/mol. The summed E-state index contributed by atoms with van der Waals surface area (Å²) in [5.74, 6) is 1.18. The van der Waals surface area contributed by atoms with E-state index in [1.54, 1.807) is 21.2 Å². The van der Waals surface area contributed by atoms with E-state index in [4.69, 9.17) is 4.74 Å². The highest BCUT2D eigenvalue weighted by Crippen LogP contribution is 2.31. The van der Waals surface area contributed by atoms with Gasteiger partial charge in [0.05, 0.1) is 7.11 Å². The molecular weight excluding hydrogens is 230 g/mol. The van der Waals surface area contributed by atoms with Gasteiger partial charge in [-0.15, -0.1) is 0 Å². The molecule has 18 heavy (non-hydrogen) atoms. The first-order valence-corrected chi connectivity index (χ1v) is 5.34. The zero-order valence-corrected chi connectivity index (χ0v) is 10.8. The van der Waals surface area contributed by atoms with Crippen molar-refractivity contribution in [2.75, 3.05) is 21.2 Å². The van der Waals surface area contributed by atoms with Gasteiger partial charge in [-0.05, 0) is 18.9 Å². The molecule has 0 aliphatic heterocycles. The Balaban J connectivity index is 3.18. The van der Waals surface area contributed by atoms with E-state index in [2.05, 4.69) is 32.5 Å². The Kier molecular flexibility index (Phi) is 5.53. The molecular formula is C12H17N5O. The van der Waals surface area contributed by atoms with Crippen LogP contribution in [0.15, 0.2) is 33.2 Å². The second kappa shape index (κ2) is 7.18. The first-order valence-electron chi connectivity index (χ1n) is 5.34. The number of ether oxygens (including phenoxy) is 1. The predicted molar refractivity (Wildman–Crippen MR) is 75.4 cm³/mol. The van der Waals surface area contributed by atoms with Crippen molar-refractivity contribution < 1.29 is 4.74 Å². The molecule has 0 heterocycles. The van der Waals surface area contributed by atoms with Crippen LogP contribution in [0.3, 0.4) is 0 Å². The molecule has 0 fully saturated rings. The van der Waals surface area contributed by atoms with Gasteiger partial charge in [0, 0.05) is 19.7 Å². The molecule has 0 amide bonds. The number of nitrogens with zero attached hydrogens (tertiary/aromatic N) is 3. The average Bonchev–Trinajstić information content (AvgIpc) is 2.42. The molecule has 0 saturated heterocycles. The summed E-state index contributed by atoms with van der Waals surface area (Å²) < 4.78 is 5.23. The summed E-state index contributed by atoms with van der Waals surface area (Å²) in [7, 11) is 5.00. The van der Waals surface area contributed by atoms with E-state index >= 15 is 0 Å². The van der Waals surface area contributed by atoms with E-state index in [1.165, 1.54) is 6.34 Å². The van der Waals surface area contributed by atoms with Crippen LogP contribution in [-0.2, 0) is 0 Å². The summed E-state index contributed by atoms with van der Waals surface area (Å²) >= 11 is 0. The number of para-hydroxylation sites is 1. The van der Waals surface area contributed by atoms with Crippen LogP contribution in [0.2, 0.25) is 0 Å². The molecule has 0 aliphatic carbocycles. The molecule has 1 aromatic carbocycles. The lowest BCUT2D eigenvalue weighted by molar-refractivity contribution is 0.416.